The Morgan fingerprint density at radius 3 is 3.00 bits per heavy atom. The summed E-state index contributed by atoms with van der Waals surface area (Å²) < 4.78 is 12.9. The van der Waals surface area contributed by atoms with Crippen molar-refractivity contribution in [3.8, 4) is 11.5 Å². The molecule has 1 fully saturated rings. The van der Waals surface area contributed by atoms with Gasteiger partial charge >= 0.3 is 0 Å². The highest BCUT2D eigenvalue weighted by Gasteiger charge is 2.27. The number of benzene rings is 1. The average molecular weight is 353 g/mol. The highest BCUT2D eigenvalue weighted by Crippen LogP contribution is 2.29. The van der Waals surface area contributed by atoms with Crippen molar-refractivity contribution in [2.24, 2.45) is 0 Å². The molecule has 0 saturated carbocycles. The Balaban J connectivity index is 1.49. The maximum Gasteiger partial charge on any atom is 0.266 e. The first-order chi connectivity index (χ1) is 12.8. The molecule has 1 aliphatic heterocycles. The van der Waals surface area contributed by atoms with Crippen LogP contribution in [0.5, 0.6) is 0 Å². The van der Waals surface area contributed by atoms with Crippen LogP contribution < -0.4 is 4.90 Å². The van der Waals surface area contributed by atoms with Gasteiger partial charge in [0.25, 0.3) is 11.8 Å². The van der Waals surface area contributed by atoms with E-state index in [9.17, 15) is 0 Å². The summed E-state index contributed by atoms with van der Waals surface area (Å²) in [5.41, 5.74) is 0.940. The quantitative estimate of drug-likeness (QED) is 0.679. The molecule has 0 radical (unpaired) electrons. The average Bonchev–Trinajstić information content (AvgIpc) is 3.37. The van der Waals surface area contributed by atoms with Crippen LogP contribution in [0.4, 0.5) is 5.95 Å². The summed E-state index contributed by atoms with van der Waals surface area (Å²) in [7, 11) is 1.72. The molecule has 1 atom stereocenters. The SMILES string of the molecule is COCCn1ccnc1[C@H]1CCCN(c2noc(-c3ccccc3)n2)C1. The molecular weight excluding hydrogens is 330 g/mol. The lowest BCUT2D eigenvalue weighted by Crippen LogP contribution is -2.36. The smallest absolute Gasteiger partial charge is 0.266 e. The first-order valence-electron chi connectivity index (χ1n) is 8.99. The van der Waals surface area contributed by atoms with E-state index in [1.54, 1.807) is 7.11 Å². The van der Waals surface area contributed by atoms with Gasteiger partial charge in [0.2, 0.25) is 0 Å². The van der Waals surface area contributed by atoms with Gasteiger partial charge in [0.1, 0.15) is 5.82 Å². The van der Waals surface area contributed by atoms with Crippen LogP contribution in [0.25, 0.3) is 11.5 Å². The fourth-order valence-corrected chi connectivity index (χ4v) is 3.47. The van der Waals surface area contributed by atoms with Crippen molar-refractivity contribution in [1.29, 1.82) is 0 Å². The number of imidazole rings is 1. The minimum atomic E-state index is 0.356. The molecule has 0 bridgehead atoms. The van der Waals surface area contributed by atoms with Crippen LogP contribution in [0.3, 0.4) is 0 Å². The zero-order valence-corrected chi connectivity index (χ0v) is 14.9. The monoisotopic (exact) mass is 353 g/mol. The number of nitrogens with zero attached hydrogens (tertiary/aromatic N) is 5. The summed E-state index contributed by atoms with van der Waals surface area (Å²) in [6.07, 6.45) is 6.09. The molecule has 7 heteroatoms. The van der Waals surface area contributed by atoms with Crippen molar-refractivity contribution in [2.45, 2.75) is 25.3 Å². The van der Waals surface area contributed by atoms with Crippen molar-refractivity contribution in [2.75, 3.05) is 31.7 Å². The Labute approximate surface area is 152 Å². The van der Waals surface area contributed by atoms with Crippen molar-refractivity contribution < 1.29 is 9.26 Å². The molecule has 4 rings (SSSR count). The van der Waals surface area contributed by atoms with E-state index in [-0.39, 0.29) is 0 Å². The predicted molar refractivity (Wildman–Crippen MR) is 98.0 cm³/mol. The van der Waals surface area contributed by atoms with Crippen molar-refractivity contribution >= 4 is 5.95 Å². The predicted octanol–water partition coefficient (Wildman–Crippen LogP) is 2.96. The third-order valence-electron chi connectivity index (χ3n) is 4.79. The minimum Gasteiger partial charge on any atom is -0.383 e. The highest BCUT2D eigenvalue weighted by molar-refractivity contribution is 5.54. The van der Waals surface area contributed by atoms with E-state index < -0.39 is 0 Å². The fourth-order valence-electron chi connectivity index (χ4n) is 3.47. The Bertz CT molecular complexity index is 829. The Hall–Kier alpha value is -2.67. The molecule has 26 heavy (non-hydrogen) atoms. The molecule has 0 unspecified atom stereocenters. The van der Waals surface area contributed by atoms with Gasteiger partial charge in [-0.15, -0.1) is 0 Å². The van der Waals surface area contributed by atoms with E-state index in [1.807, 2.05) is 42.7 Å². The van der Waals surface area contributed by atoms with Gasteiger partial charge in [0.15, 0.2) is 0 Å². The van der Waals surface area contributed by atoms with E-state index in [2.05, 4.69) is 24.6 Å². The normalized spacial score (nSPS) is 17.6. The van der Waals surface area contributed by atoms with E-state index in [1.165, 1.54) is 0 Å². The number of hydrogen-bond acceptors (Lipinski definition) is 6. The van der Waals surface area contributed by atoms with E-state index in [4.69, 9.17) is 9.26 Å². The fraction of sp³-hybridized carbons (Fsp3) is 0.421. The van der Waals surface area contributed by atoms with Crippen molar-refractivity contribution in [3.63, 3.8) is 0 Å². The van der Waals surface area contributed by atoms with E-state index in [0.29, 0.717) is 24.4 Å². The topological polar surface area (TPSA) is 69.2 Å². The zero-order valence-electron chi connectivity index (χ0n) is 14.9. The Morgan fingerprint density at radius 2 is 2.15 bits per heavy atom. The van der Waals surface area contributed by atoms with Crippen LogP contribution in [0.2, 0.25) is 0 Å². The summed E-state index contributed by atoms with van der Waals surface area (Å²) in [6.45, 7) is 3.29. The van der Waals surface area contributed by atoms with Crippen LogP contribution in [0.15, 0.2) is 47.2 Å². The summed E-state index contributed by atoms with van der Waals surface area (Å²) in [5, 5.41) is 4.20. The summed E-state index contributed by atoms with van der Waals surface area (Å²) in [6, 6.07) is 9.86. The summed E-state index contributed by atoms with van der Waals surface area (Å²) >= 11 is 0. The molecule has 0 N–H and O–H groups in total. The number of rotatable bonds is 6. The van der Waals surface area contributed by atoms with Gasteiger partial charge in [0.05, 0.1) is 6.61 Å². The van der Waals surface area contributed by atoms with Crippen LogP contribution in [0.1, 0.15) is 24.6 Å². The molecule has 1 aliphatic rings. The van der Waals surface area contributed by atoms with Crippen LogP contribution in [-0.4, -0.2) is 46.5 Å². The Morgan fingerprint density at radius 1 is 1.27 bits per heavy atom. The lowest BCUT2D eigenvalue weighted by Gasteiger charge is -2.31. The second kappa shape index (κ2) is 7.70. The number of methoxy groups -OCH3 is 1. The molecule has 136 valence electrons. The third-order valence-corrected chi connectivity index (χ3v) is 4.79. The molecule has 2 aromatic heterocycles. The van der Waals surface area contributed by atoms with Crippen molar-refractivity contribution in [1.82, 2.24) is 19.7 Å². The van der Waals surface area contributed by atoms with E-state index in [0.717, 1.165) is 43.9 Å². The largest absolute Gasteiger partial charge is 0.383 e. The standard InChI is InChI=1S/C19H23N5O2/c1-25-13-12-23-11-9-20-17(23)16-8-5-10-24(14-16)19-21-18(26-22-19)15-6-3-2-4-7-15/h2-4,6-7,9,11,16H,5,8,10,12-14H2,1H3/t16-/m0/s1. The molecule has 0 amide bonds. The first kappa shape index (κ1) is 16.8. The maximum absolute atomic E-state index is 5.47. The third kappa shape index (κ3) is 3.48. The second-order valence-corrected chi connectivity index (χ2v) is 6.52. The molecule has 1 saturated heterocycles. The number of piperidine rings is 1. The van der Waals surface area contributed by atoms with Gasteiger partial charge in [-0.2, -0.15) is 4.98 Å². The summed E-state index contributed by atoms with van der Waals surface area (Å²) in [4.78, 5) is 11.4. The van der Waals surface area contributed by atoms with Crippen LogP contribution >= 0.6 is 0 Å². The lowest BCUT2D eigenvalue weighted by atomic mass is 9.97. The number of hydrogen-bond donors (Lipinski definition) is 0. The molecule has 3 heterocycles. The number of anilines is 1. The van der Waals surface area contributed by atoms with Gasteiger partial charge in [-0.25, -0.2) is 4.98 Å². The molecule has 0 spiro atoms. The molecule has 0 aliphatic carbocycles. The maximum atomic E-state index is 5.47. The van der Waals surface area contributed by atoms with Gasteiger partial charge in [-0.3, -0.25) is 0 Å². The minimum absolute atomic E-state index is 0.356. The Kier molecular flexibility index (Phi) is 4.97. The van der Waals surface area contributed by atoms with Gasteiger partial charge < -0.3 is 18.7 Å². The summed E-state index contributed by atoms with van der Waals surface area (Å²) in [5.74, 6) is 2.68. The molecular formula is C19H23N5O2. The first-order valence-corrected chi connectivity index (χ1v) is 8.99. The highest BCUT2D eigenvalue weighted by atomic mass is 16.5. The van der Waals surface area contributed by atoms with Crippen molar-refractivity contribution in [3.05, 3.63) is 48.5 Å². The molecule has 7 nitrogen and oxygen atoms in total. The molecule has 1 aromatic carbocycles. The van der Waals surface area contributed by atoms with Gasteiger partial charge in [0, 0.05) is 50.6 Å². The number of ether oxygens (including phenoxy) is 1. The van der Waals surface area contributed by atoms with Gasteiger partial charge in [-0.1, -0.05) is 18.2 Å². The van der Waals surface area contributed by atoms with Gasteiger partial charge in [-0.05, 0) is 30.1 Å². The lowest BCUT2D eigenvalue weighted by molar-refractivity contribution is 0.185. The second-order valence-electron chi connectivity index (χ2n) is 6.52. The molecule has 3 aromatic rings. The van der Waals surface area contributed by atoms with E-state index >= 15 is 0 Å². The van der Waals surface area contributed by atoms with Crippen LogP contribution in [-0.2, 0) is 11.3 Å². The number of aromatic nitrogens is 4. The zero-order chi connectivity index (χ0) is 17.8. The van der Waals surface area contributed by atoms with Crippen LogP contribution in [0, 0.1) is 0 Å².